The highest BCUT2D eigenvalue weighted by Gasteiger charge is 2.14. The average molecular weight is 275 g/mol. The van der Waals surface area contributed by atoms with Crippen LogP contribution in [0.3, 0.4) is 0 Å². The van der Waals surface area contributed by atoms with E-state index in [0.717, 1.165) is 24.4 Å². The zero-order valence-electron chi connectivity index (χ0n) is 13.2. The lowest BCUT2D eigenvalue weighted by Gasteiger charge is -2.26. The smallest absolute Gasteiger partial charge is 0.134 e. The molecule has 1 N–H and O–H groups in total. The molecule has 0 aliphatic carbocycles. The van der Waals surface area contributed by atoms with Crippen LogP contribution in [0, 0.1) is 17.3 Å². The Hall–Kier alpha value is -1.50. The van der Waals surface area contributed by atoms with Crippen LogP contribution in [0.5, 0.6) is 5.75 Å². The predicted octanol–water partition coefficient (Wildman–Crippen LogP) is 2.52. The number of hydrogen-bond acceptors (Lipinski definition) is 3. The second kappa shape index (κ2) is 7.33. The minimum absolute atomic E-state index is 0.142. The maximum absolute atomic E-state index is 8.81. The SMILES string of the molecule is COc1ccc(CN(C)CC(C)(C)C)cc1C#CCO. The van der Waals surface area contributed by atoms with Crippen LogP contribution >= 0.6 is 0 Å². The lowest BCUT2D eigenvalue weighted by atomic mass is 9.96. The van der Waals surface area contributed by atoms with Crippen LogP contribution in [-0.4, -0.2) is 37.3 Å². The van der Waals surface area contributed by atoms with Gasteiger partial charge in [0.25, 0.3) is 0 Å². The highest BCUT2D eigenvalue weighted by molar-refractivity contribution is 5.48. The van der Waals surface area contributed by atoms with Gasteiger partial charge in [-0.3, -0.25) is 0 Å². The minimum Gasteiger partial charge on any atom is -0.495 e. The maximum atomic E-state index is 8.81. The summed E-state index contributed by atoms with van der Waals surface area (Å²) in [5.74, 6) is 6.35. The molecule has 0 saturated carbocycles. The molecule has 0 aliphatic rings. The fourth-order valence-corrected chi connectivity index (χ4v) is 2.26. The van der Waals surface area contributed by atoms with Gasteiger partial charge in [-0.15, -0.1) is 0 Å². The lowest BCUT2D eigenvalue weighted by molar-refractivity contribution is 0.221. The second-order valence-electron chi connectivity index (χ2n) is 6.23. The zero-order chi connectivity index (χ0) is 15.2. The molecule has 110 valence electrons. The third kappa shape index (κ3) is 5.64. The molecule has 0 heterocycles. The number of aliphatic hydroxyl groups excluding tert-OH is 1. The summed E-state index contributed by atoms with van der Waals surface area (Å²) < 4.78 is 5.29. The quantitative estimate of drug-likeness (QED) is 0.857. The molecule has 0 spiro atoms. The minimum atomic E-state index is -0.142. The first-order chi connectivity index (χ1) is 9.35. The monoisotopic (exact) mass is 275 g/mol. The Bertz CT molecular complexity index is 492. The van der Waals surface area contributed by atoms with E-state index in [2.05, 4.69) is 50.6 Å². The van der Waals surface area contributed by atoms with Gasteiger partial charge in [0.05, 0.1) is 12.7 Å². The number of rotatable bonds is 4. The molecule has 1 rings (SSSR count). The molecule has 0 unspecified atom stereocenters. The van der Waals surface area contributed by atoms with Gasteiger partial charge in [0, 0.05) is 13.1 Å². The summed E-state index contributed by atoms with van der Waals surface area (Å²) in [4.78, 5) is 2.30. The van der Waals surface area contributed by atoms with Crippen molar-refractivity contribution in [1.29, 1.82) is 0 Å². The number of aliphatic hydroxyl groups is 1. The van der Waals surface area contributed by atoms with Gasteiger partial charge in [-0.2, -0.15) is 0 Å². The van der Waals surface area contributed by atoms with Crippen molar-refractivity contribution in [3.8, 4) is 17.6 Å². The topological polar surface area (TPSA) is 32.7 Å². The van der Waals surface area contributed by atoms with Gasteiger partial charge in [-0.25, -0.2) is 0 Å². The Kier molecular flexibility index (Phi) is 6.06. The zero-order valence-corrected chi connectivity index (χ0v) is 13.2. The van der Waals surface area contributed by atoms with Gasteiger partial charge in [0.2, 0.25) is 0 Å². The molecule has 20 heavy (non-hydrogen) atoms. The molecule has 0 radical (unpaired) electrons. The standard InChI is InChI=1S/C17H25NO2/c1-17(2,3)13-18(4)12-14-8-9-16(20-5)15(11-14)7-6-10-19/h8-9,11,19H,10,12-13H2,1-5H3. The summed E-state index contributed by atoms with van der Waals surface area (Å²) in [6.07, 6.45) is 0. The van der Waals surface area contributed by atoms with Crippen LogP contribution in [0.2, 0.25) is 0 Å². The largest absolute Gasteiger partial charge is 0.495 e. The molecule has 0 saturated heterocycles. The van der Waals surface area contributed by atoms with Gasteiger partial charge < -0.3 is 14.7 Å². The number of nitrogens with zero attached hydrogens (tertiary/aromatic N) is 1. The number of benzene rings is 1. The van der Waals surface area contributed by atoms with E-state index in [0.29, 0.717) is 0 Å². The molecule has 0 bridgehead atoms. The fourth-order valence-electron chi connectivity index (χ4n) is 2.26. The third-order valence-electron chi connectivity index (χ3n) is 2.76. The Balaban J connectivity index is 2.86. The lowest BCUT2D eigenvalue weighted by Crippen LogP contribution is -2.28. The Labute approximate surface area is 122 Å². The van der Waals surface area contributed by atoms with Crippen molar-refractivity contribution < 1.29 is 9.84 Å². The van der Waals surface area contributed by atoms with Crippen LogP contribution in [0.1, 0.15) is 31.9 Å². The molecule has 0 aliphatic heterocycles. The summed E-state index contributed by atoms with van der Waals surface area (Å²) in [5, 5.41) is 8.81. The van der Waals surface area contributed by atoms with Crippen LogP contribution in [0.15, 0.2) is 18.2 Å². The molecular formula is C17H25NO2. The summed E-state index contributed by atoms with van der Waals surface area (Å²) in [6.45, 7) is 8.45. The highest BCUT2D eigenvalue weighted by atomic mass is 16.5. The van der Waals surface area contributed by atoms with E-state index in [1.165, 1.54) is 5.56 Å². The van der Waals surface area contributed by atoms with Crippen molar-refractivity contribution in [3.05, 3.63) is 29.3 Å². The molecule has 3 heteroatoms. The van der Waals surface area contributed by atoms with E-state index in [9.17, 15) is 0 Å². The average Bonchev–Trinajstić information content (AvgIpc) is 2.34. The van der Waals surface area contributed by atoms with E-state index in [1.807, 2.05) is 12.1 Å². The predicted molar refractivity (Wildman–Crippen MR) is 82.7 cm³/mol. The number of methoxy groups -OCH3 is 1. The van der Waals surface area contributed by atoms with E-state index in [4.69, 9.17) is 9.84 Å². The van der Waals surface area contributed by atoms with Gasteiger partial charge in [-0.05, 0) is 30.2 Å². The molecule has 0 amide bonds. The first kappa shape index (κ1) is 16.6. The number of hydrogen-bond donors (Lipinski definition) is 1. The van der Waals surface area contributed by atoms with Crippen molar-refractivity contribution in [2.45, 2.75) is 27.3 Å². The van der Waals surface area contributed by atoms with Gasteiger partial charge >= 0.3 is 0 Å². The van der Waals surface area contributed by atoms with Crippen molar-refractivity contribution in [2.24, 2.45) is 5.41 Å². The van der Waals surface area contributed by atoms with Gasteiger partial charge in [-0.1, -0.05) is 38.7 Å². The molecule has 0 atom stereocenters. The van der Waals surface area contributed by atoms with Crippen LogP contribution < -0.4 is 4.74 Å². The highest BCUT2D eigenvalue weighted by Crippen LogP contribution is 2.21. The van der Waals surface area contributed by atoms with Crippen LogP contribution in [-0.2, 0) is 6.54 Å². The molecule has 3 nitrogen and oxygen atoms in total. The molecule has 1 aromatic rings. The fraction of sp³-hybridized carbons (Fsp3) is 0.529. The van der Waals surface area contributed by atoms with Crippen LogP contribution in [0.25, 0.3) is 0 Å². The molecule has 1 aromatic carbocycles. The molecular weight excluding hydrogens is 250 g/mol. The summed E-state index contributed by atoms with van der Waals surface area (Å²) in [5.41, 5.74) is 2.30. The van der Waals surface area contributed by atoms with Gasteiger partial charge in [0.1, 0.15) is 12.4 Å². The first-order valence-corrected chi connectivity index (χ1v) is 6.81. The van der Waals surface area contributed by atoms with Crippen molar-refractivity contribution >= 4 is 0 Å². The van der Waals surface area contributed by atoms with Crippen molar-refractivity contribution in [2.75, 3.05) is 27.3 Å². The first-order valence-electron chi connectivity index (χ1n) is 6.81. The number of ether oxygens (including phenoxy) is 1. The summed E-state index contributed by atoms with van der Waals surface area (Å²) >= 11 is 0. The van der Waals surface area contributed by atoms with Gasteiger partial charge in [0.15, 0.2) is 0 Å². The summed E-state index contributed by atoms with van der Waals surface area (Å²) in [6, 6.07) is 6.02. The maximum Gasteiger partial charge on any atom is 0.134 e. The normalized spacial score (nSPS) is 11.2. The second-order valence-corrected chi connectivity index (χ2v) is 6.23. The van der Waals surface area contributed by atoms with Crippen molar-refractivity contribution in [1.82, 2.24) is 4.90 Å². The molecule has 0 fully saturated rings. The molecule has 0 aromatic heterocycles. The Morgan fingerprint density at radius 3 is 2.55 bits per heavy atom. The van der Waals surface area contributed by atoms with E-state index in [-0.39, 0.29) is 12.0 Å². The Morgan fingerprint density at radius 2 is 2.00 bits per heavy atom. The van der Waals surface area contributed by atoms with E-state index in [1.54, 1.807) is 7.11 Å². The van der Waals surface area contributed by atoms with Crippen molar-refractivity contribution in [3.63, 3.8) is 0 Å². The third-order valence-corrected chi connectivity index (χ3v) is 2.76. The summed E-state index contributed by atoms with van der Waals surface area (Å²) in [7, 11) is 3.75. The Morgan fingerprint density at radius 1 is 1.30 bits per heavy atom. The van der Waals surface area contributed by atoms with E-state index >= 15 is 0 Å². The van der Waals surface area contributed by atoms with E-state index < -0.39 is 0 Å². The van der Waals surface area contributed by atoms with Crippen LogP contribution in [0.4, 0.5) is 0 Å².